The topological polar surface area (TPSA) is 50.4 Å². The third-order valence-corrected chi connectivity index (χ3v) is 2.80. The Morgan fingerprint density at radius 3 is 2.55 bits per heavy atom. The summed E-state index contributed by atoms with van der Waals surface area (Å²) in [6.07, 6.45) is 0. The number of carbonyl (C=O) groups is 1. The van der Waals surface area contributed by atoms with Gasteiger partial charge >= 0.3 is 0 Å². The lowest BCUT2D eigenvalue weighted by atomic mass is 10.2. The van der Waals surface area contributed by atoms with Crippen molar-refractivity contribution in [1.82, 2.24) is 0 Å². The fraction of sp³-hybridized carbons (Fsp3) is 0.133. The van der Waals surface area contributed by atoms with Gasteiger partial charge in [-0.05, 0) is 12.1 Å². The standard InChI is InChI=1S/C15H13F3N2O2/c1-22-10-4-2-3-9(5-10)20-15(21)8-19-14-7-12(17)11(16)6-13(14)18/h2-7,19H,8H2,1H3,(H,20,21). The second kappa shape index (κ2) is 6.84. The number of rotatable bonds is 5. The van der Waals surface area contributed by atoms with E-state index in [-0.39, 0.29) is 12.2 Å². The number of amides is 1. The highest BCUT2D eigenvalue weighted by atomic mass is 19.2. The van der Waals surface area contributed by atoms with Crippen LogP contribution in [-0.4, -0.2) is 19.6 Å². The number of anilines is 2. The first-order chi connectivity index (χ1) is 10.5. The van der Waals surface area contributed by atoms with Crippen LogP contribution in [0, 0.1) is 17.5 Å². The molecule has 0 saturated heterocycles. The first kappa shape index (κ1) is 15.7. The summed E-state index contributed by atoms with van der Waals surface area (Å²) in [6.45, 7) is -0.306. The van der Waals surface area contributed by atoms with Crippen molar-refractivity contribution in [3.8, 4) is 5.75 Å². The van der Waals surface area contributed by atoms with Crippen LogP contribution in [0.5, 0.6) is 5.75 Å². The number of ether oxygens (including phenoxy) is 1. The van der Waals surface area contributed by atoms with Gasteiger partial charge in [-0.3, -0.25) is 4.79 Å². The molecule has 0 fully saturated rings. The smallest absolute Gasteiger partial charge is 0.243 e. The molecular formula is C15H13F3N2O2. The molecule has 0 aliphatic carbocycles. The lowest BCUT2D eigenvalue weighted by molar-refractivity contribution is -0.114. The van der Waals surface area contributed by atoms with Gasteiger partial charge in [0.25, 0.3) is 0 Å². The number of hydrogen-bond acceptors (Lipinski definition) is 3. The molecule has 2 rings (SSSR count). The number of carbonyl (C=O) groups excluding carboxylic acids is 1. The normalized spacial score (nSPS) is 10.2. The number of methoxy groups -OCH3 is 1. The van der Waals surface area contributed by atoms with E-state index in [0.717, 1.165) is 0 Å². The fourth-order valence-electron chi connectivity index (χ4n) is 1.74. The Bertz CT molecular complexity index is 692. The van der Waals surface area contributed by atoms with Gasteiger partial charge in [-0.1, -0.05) is 6.07 Å². The van der Waals surface area contributed by atoms with Gasteiger partial charge in [0, 0.05) is 23.9 Å². The van der Waals surface area contributed by atoms with Crippen LogP contribution in [-0.2, 0) is 4.79 Å². The van der Waals surface area contributed by atoms with Crippen LogP contribution in [0.25, 0.3) is 0 Å². The minimum Gasteiger partial charge on any atom is -0.497 e. The zero-order valence-electron chi connectivity index (χ0n) is 11.6. The molecule has 0 spiro atoms. The van der Waals surface area contributed by atoms with Crippen LogP contribution in [0.4, 0.5) is 24.5 Å². The molecule has 2 aromatic carbocycles. The van der Waals surface area contributed by atoms with Crippen molar-refractivity contribution in [1.29, 1.82) is 0 Å². The van der Waals surface area contributed by atoms with Crippen LogP contribution in [0.2, 0.25) is 0 Å². The van der Waals surface area contributed by atoms with Crippen molar-refractivity contribution >= 4 is 17.3 Å². The molecule has 2 N–H and O–H groups in total. The molecule has 0 bridgehead atoms. The molecule has 0 radical (unpaired) electrons. The summed E-state index contributed by atoms with van der Waals surface area (Å²) in [7, 11) is 1.49. The molecule has 7 heteroatoms. The Hall–Kier alpha value is -2.70. The second-order valence-corrected chi connectivity index (χ2v) is 4.38. The van der Waals surface area contributed by atoms with Crippen molar-refractivity contribution in [2.45, 2.75) is 0 Å². The molecular weight excluding hydrogens is 297 g/mol. The molecule has 0 unspecified atom stereocenters. The van der Waals surface area contributed by atoms with Gasteiger partial charge in [0.15, 0.2) is 11.6 Å². The van der Waals surface area contributed by atoms with Gasteiger partial charge in [-0.25, -0.2) is 13.2 Å². The first-order valence-electron chi connectivity index (χ1n) is 6.32. The van der Waals surface area contributed by atoms with Gasteiger partial charge in [-0.2, -0.15) is 0 Å². The number of benzene rings is 2. The SMILES string of the molecule is COc1cccc(NC(=O)CNc2cc(F)c(F)cc2F)c1. The van der Waals surface area contributed by atoms with Gasteiger partial charge in [0.05, 0.1) is 19.3 Å². The summed E-state index contributed by atoms with van der Waals surface area (Å²) >= 11 is 0. The highest BCUT2D eigenvalue weighted by Crippen LogP contribution is 2.19. The lowest BCUT2D eigenvalue weighted by Crippen LogP contribution is -2.22. The Morgan fingerprint density at radius 1 is 1.09 bits per heavy atom. The zero-order chi connectivity index (χ0) is 16.1. The Balaban J connectivity index is 1.97. The predicted octanol–water partition coefficient (Wildman–Crippen LogP) is 3.16. The summed E-state index contributed by atoms with van der Waals surface area (Å²) in [5, 5.41) is 4.97. The summed E-state index contributed by atoms with van der Waals surface area (Å²) in [5.74, 6) is -3.37. The van der Waals surface area contributed by atoms with Crippen LogP contribution in [0.3, 0.4) is 0 Å². The Labute approximate surface area is 124 Å². The molecule has 0 aliphatic rings. The van der Waals surface area contributed by atoms with E-state index in [4.69, 9.17) is 4.74 Å². The summed E-state index contributed by atoms with van der Waals surface area (Å²) in [4.78, 5) is 11.7. The minimum atomic E-state index is -1.29. The van der Waals surface area contributed by atoms with Crippen molar-refractivity contribution in [2.75, 3.05) is 24.3 Å². The average Bonchev–Trinajstić information content (AvgIpc) is 2.49. The van der Waals surface area contributed by atoms with Gasteiger partial charge in [0.1, 0.15) is 11.6 Å². The predicted molar refractivity (Wildman–Crippen MR) is 76.4 cm³/mol. The van der Waals surface area contributed by atoms with E-state index in [2.05, 4.69) is 10.6 Å². The fourth-order valence-corrected chi connectivity index (χ4v) is 1.74. The van der Waals surface area contributed by atoms with E-state index < -0.39 is 23.4 Å². The molecule has 0 saturated carbocycles. The molecule has 1 amide bonds. The van der Waals surface area contributed by atoms with Crippen molar-refractivity contribution in [2.24, 2.45) is 0 Å². The van der Waals surface area contributed by atoms with Gasteiger partial charge < -0.3 is 15.4 Å². The van der Waals surface area contributed by atoms with Gasteiger partial charge in [-0.15, -0.1) is 0 Å². The number of hydrogen-bond donors (Lipinski definition) is 2. The van der Waals surface area contributed by atoms with Crippen LogP contribution in [0.1, 0.15) is 0 Å². The second-order valence-electron chi connectivity index (χ2n) is 4.38. The number of nitrogens with one attached hydrogen (secondary N) is 2. The van der Waals surface area contributed by atoms with Crippen molar-refractivity contribution in [3.63, 3.8) is 0 Å². The largest absolute Gasteiger partial charge is 0.497 e. The monoisotopic (exact) mass is 310 g/mol. The summed E-state index contributed by atoms with van der Waals surface area (Å²) in [6, 6.07) is 7.73. The molecule has 0 aliphatic heterocycles. The first-order valence-corrected chi connectivity index (χ1v) is 6.32. The van der Waals surface area contributed by atoms with Crippen molar-refractivity contribution in [3.05, 3.63) is 53.8 Å². The van der Waals surface area contributed by atoms with E-state index in [1.165, 1.54) is 7.11 Å². The highest BCUT2D eigenvalue weighted by molar-refractivity contribution is 5.93. The maximum Gasteiger partial charge on any atom is 0.243 e. The van der Waals surface area contributed by atoms with E-state index in [9.17, 15) is 18.0 Å². The molecule has 0 heterocycles. The quantitative estimate of drug-likeness (QED) is 0.834. The third kappa shape index (κ3) is 3.91. The van der Waals surface area contributed by atoms with E-state index in [1.807, 2.05) is 0 Å². The van der Waals surface area contributed by atoms with Crippen LogP contribution < -0.4 is 15.4 Å². The van der Waals surface area contributed by atoms with Gasteiger partial charge in [0.2, 0.25) is 5.91 Å². The van der Waals surface area contributed by atoms with E-state index in [0.29, 0.717) is 23.6 Å². The molecule has 0 aromatic heterocycles. The highest BCUT2D eigenvalue weighted by Gasteiger charge is 2.11. The maximum absolute atomic E-state index is 13.4. The molecule has 116 valence electrons. The Morgan fingerprint density at radius 2 is 1.82 bits per heavy atom. The van der Waals surface area contributed by atoms with Crippen molar-refractivity contribution < 1.29 is 22.7 Å². The number of halogens is 3. The zero-order valence-corrected chi connectivity index (χ0v) is 11.6. The molecule has 2 aromatic rings. The van der Waals surface area contributed by atoms with E-state index >= 15 is 0 Å². The summed E-state index contributed by atoms with van der Waals surface area (Å²) < 4.78 is 44.2. The minimum absolute atomic E-state index is 0.292. The molecule has 0 atom stereocenters. The third-order valence-electron chi connectivity index (χ3n) is 2.80. The lowest BCUT2D eigenvalue weighted by Gasteiger charge is -2.09. The van der Waals surface area contributed by atoms with E-state index in [1.54, 1.807) is 24.3 Å². The molecule has 22 heavy (non-hydrogen) atoms. The maximum atomic E-state index is 13.4. The summed E-state index contributed by atoms with van der Waals surface area (Å²) in [5.41, 5.74) is 0.205. The molecule has 4 nitrogen and oxygen atoms in total. The Kier molecular flexibility index (Phi) is 4.88. The average molecular weight is 310 g/mol. The van der Waals surface area contributed by atoms with Crippen LogP contribution >= 0.6 is 0 Å². The van der Waals surface area contributed by atoms with Crippen LogP contribution in [0.15, 0.2) is 36.4 Å².